The van der Waals surface area contributed by atoms with Gasteiger partial charge in [0, 0.05) is 18.9 Å². The van der Waals surface area contributed by atoms with Crippen LogP contribution in [0.1, 0.15) is 11.1 Å². The van der Waals surface area contributed by atoms with Crippen molar-refractivity contribution in [1.29, 1.82) is 0 Å². The van der Waals surface area contributed by atoms with Crippen LogP contribution in [0.3, 0.4) is 0 Å². The quantitative estimate of drug-likeness (QED) is 0.790. The van der Waals surface area contributed by atoms with Crippen molar-refractivity contribution < 1.29 is 8.42 Å². The fraction of sp³-hybridized carbons (Fsp3) is 0.364. The van der Waals surface area contributed by atoms with E-state index in [1.165, 1.54) is 17.6 Å². The van der Waals surface area contributed by atoms with Crippen molar-refractivity contribution in [2.45, 2.75) is 17.1 Å². The Morgan fingerprint density at radius 2 is 2.06 bits per heavy atom. The molecule has 0 saturated carbocycles. The average molecular weight is 268 g/mol. The molecular formula is C11H12N2O2S2. The summed E-state index contributed by atoms with van der Waals surface area (Å²) in [6.45, 7) is 0. The van der Waals surface area contributed by atoms with E-state index in [-0.39, 0.29) is 0 Å². The Morgan fingerprint density at radius 1 is 1.35 bits per heavy atom. The molecule has 3 rings (SSSR count). The molecule has 0 N–H and O–H groups in total. The van der Waals surface area contributed by atoms with Crippen LogP contribution in [0.15, 0.2) is 15.8 Å². The van der Waals surface area contributed by atoms with Crippen LogP contribution in [0.25, 0.3) is 11.3 Å². The molecule has 90 valence electrons. The van der Waals surface area contributed by atoms with Crippen molar-refractivity contribution in [1.82, 2.24) is 9.78 Å². The van der Waals surface area contributed by atoms with Crippen LogP contribution >= 0.6 is 11.3 Å². The zero-order valence-electron chi connectivity index (χ0n) is 9.60. The molecule has 0 saturated heterocycles. The highest BCUT2D eigenvalue weighted by molar-refractivity contribution is 7.92. The molecule has 1 aliphatic rings. The highest BCUT2D eigenvalue weighted by Gasteiger charge is 2.28. The van der Waals surface area contributed by atoms with Crippen molar-refractivity contribution >= 4 is 21.2 Å². The van der Waals surface area contributed by atoms with Crippen molar-refractivity contribution in [2.24, 2.45) is 7.05 Å². The zero-order valence-corrected chi connectivity index (χ0v) is 11.2. The fourth-order valence-electron chi connectivity index (χ4n) is 2.34. The summed E-state index contributed by atoms with van der Waals surface area (Å²) in [6.07, 6.45) is 4.95. The van der Waals surface area contributed by atoms with Crippen LogP contribution in [-0.4, -0.2) is 24.5 Å². The molecule has 0 spiro atoms. The van der Waals surface area contributed by atoms with Gasteiger partial charge in [0.1, 0.15) is 4.21 Å². The summed E-state index contributed by atoms with van der Waals surface area (Å²) < 4.78 is 25.8. The number of fused-ring (bicyclic) bond motifs is 3. The van der Waals surface area contributed by atoms with Crippen LogP contribution in [0.4, 0.5) is 0 Å². The lowest BCUT2D eigenvalue weighted by molar-refractivity contribution is 0.603. The molecule has 17 heavy (non-hydrogen) atoms. The largest absolute Gasteiger partial charge is 0.268 e. The number of hydrogen-bond acceptors (Lipinski definition) is 4. The van der Waals surface area contributed by atoms with E-state index in [0.29, 0.717) is 4.21 Å². The monoisotopic (exact) mass is 268 g/mol. The first kappa shape index (κ1) is 11.0. The van der Waals surface area contributed by atoms with Gasteiger partial charge in [0.25, 0.3) is 0 Å². The second-order valence-electron chi connectivity index (χ2n) is 4.34. The maximum Gasteiger partial charge on any atom is 0.185 e. The molecule has 0 aromatic carbocycles. The summed E-state index contributed by atoms with van der Waals surface area (Å²) in [7, 11) is -1.30. The molecule has 0 unspecified atom stereocenters. The van der Waals surface area contributed by atoms with E-state index in [1.54, 1.807) is 4.68 Å². The van der Waals surface area contributed by atoms with Gasteiger partial charge in [-0.3, -0.25) is 4.68 Å². The Morgan fingerprint density at radius 3 is 2.76 bits per heavy atom. The van der Waals surface area contributed by atoms with Crippen LogP contribution in [0.2, 0.25) is 0 Å². The molecule has 1 aliphatic carbocycles. The number of aryl methyl sites for hydroxylation is 3. The second kappa shape index (κ2) is 3.43. The van der Waals surface area contributed by atoms with Gasteiger partial charge in [0.15, 0.2) is 9.84 Å². The Bertz CT molecular complexity index is 695. The van der Waals surface area contributed by atoms with Crippen LogP contribution in [0, 0.1) is 0 Å². The molecule has 2 heterocycles. The van der Waals surface area contributed by atoms with Gasteiger partial charge in [-0.15, -0.1) is 11.3 Å². The lowest BCUT2D eigenvalue weighted by Gasteiger charge is -2.14. The maximum absolute atomic E-state index is 11.8. The second-order valence-corrected chi connectivity index (χ2v) is 7.43. The van der Waals surface area contributed by atoms with Crippen LogP contribution in [0.5, 0.6) is 0 Å². The summed E-state index contributed by atoms with van der Waals surface area (Å²) >= 11 is 1.32. The van der Waals surface area contributed by atoms with Crippen molar-refractivity contribution in [2.75, 3.05) is 6.26 Å². The number of aromatic nitrogens is 2. The van der Waals surface area contributed by atoms with E-state index in [1.807, 2.05) is 18.6 Å². The van der Waals surface area contributed by atoms with Gasteiger partial charge in [-0.25, -0.2) is 8.42 Å². The molecule has 4 nitrogen and oxygen atoms in total. The number of nitrogens with zero attached hydrogens (tertiary/aromatic N) is 2. The maximum atomic E-state index is 11.8. The van der Waals surface area contributed by atoms with Gasteiger partial charge in [0.2, 0.25) is 0 Å². The highest BCUT2D eigenvalue weighted by atomic mass is 32.2. The number of sulfone groups is 1. The summed E-state index contributed by atoms with van der Waals surface area (Å²) in [5.41, 5.74) is 4.11. The van der Waals surface area contributed by atoms with E-state index < -0.39 is 9.84 Å². The highest BCUT2D eigenvalue weighted by Crippen LogP contribution is 2.41. The molecular weight excluding hydrogens is 256 g/mol. The molecule has 0 atom stereocenters. The van der Waals surface area contributed by atoms with Crippen LogP contribution < -0.4 is 0 Å². The van der Waals surface area contributed by atoms with Crippen molar-refractivity contribution in [3.05, 3.63) is 22.7 Å². The van der Waals surface area contributed by atoms with E-state index >= 15 is 0 Å². The molecule has 0 fully saturated rings. The third kappa shape index (κ3) is 1.55. The Kier molecular flexibility index (Phi) is 2.21. The van der Waals surface area contributed by atoms with Crippen molar-refractivity contribution in [3.8, 4) is 11.3 Å². The molecule has 6 heteroatoms. The number of hydrogen-bond donors (Lipinski definition) is 0. The SMILES string of the molecule is Cn1ncc2c1-c1c(csc1S(C)(=O)=O)CC2. The van der Waals surface area contributed by atoms with Gasteiger partial charge >= 0.3 is 0 Å². The van der Waals surface area contributed by atoms with Crippen molar-refractivity contribution in [3.63, 3.8) is 0 Å². The molecule has 0 bridgehead atoms. The molecule has 0 radical (unpaired) electrons. The number of rotatable bonds is 1. The fourth-order valence-corrected chi connectivity index (χ4v) is 4.61. The normalized spacial score (nSPS) is 14.5. The zero-order chi connectivity index (χ0) is 12.2. The first-order valence-corrected chi connectivity index (χ1v) is 8.07. The molecule has 2 aromatic heterocycles. The predicted molar refractivity (Wildman–Crippen MR) is 67.0 cm³/mol. The topological polar surface area (TPSA) is 52.0 Å². The van der Waals surface area contributed by atoms with E-state index in [2.05, 4.69) is 5.10 Å². The summed E-state index contributed by atoms with van der Waals surface area (Å²) in [5.74, 6) is 0. The van der Waals surface area contributed by atoms with E-state index in [4.69, 9.17) is 0 Å². The van der Waals surface area contributed by atoms with Gasteiger partial charge in [-0.2, -0.15) is 5.10 Å². The van der Waals surface area contributed by atoms with E-state index in [9.17, 15) is 8.42 Å². The summed E-state index contributed by atoms with van der Waals surface area (Å²) in [4.78, 5) is 0. The molecule has 2 aromatic rings. The smallest absolute Gasteiger partial charge is 0.185 e. The van der Waals surface area contributed by atoms with Crippen LogP contribution in [-0.2, 0) is 29.7 Å². The first-order valence-electron chi connectivity index (χ1n) is 5.30. The van der Waals surface area contributed by atoms with Gasteiger partial charge in [-0.05, 0) is 29.3 Å². The Labute approximate surface area is 104 Å². The lowest BCUT2D eigenvalue weighted by atomic mass is 9.94. The van der Waals surface area contributed by atoms with Gasteiger partial charge < -0.3 is 0 Å². The third-order valence-corrected chi connectivity index (χ3v) is 5.98. The van der Waals surface area contributed by atoms with E-state index in [0.717, 1.165) is 35.2 Å². The minimum Gasteiger partial charge on any atom is -0.268 e. The Hall–Kier alpha value is -1.14. The third-order valence-electron chi connectivity index (χ3n) is 3.09. The minimum absolute atomic E-state index is 0.469. The Balaban J connectivity index is 2.37. The summed E-state index contributed by atoms with van der Waals surface area (Å²) in [6, 6.07) is 0. The standard InChI is InChI=1S/C11H12N2O2S2/c1-13-10-7(5-12-13)3-4-8-6-16-11(9(8)10)17(2,14)15/h5-6H,3-4H2,1-2H3. The first-order chi connectivity index (χ1) is 7.98. The predicted octanol–water partition coefficient (Wildman–Crippen LogP) is 1.65. The molecule has 0 amide bonds. The molecule has 0 aliphatic heterocycles. The minimum atomic E-state index is -3.16. The number of thiophene rings is 1. The van der Waals surface area contributed by atoms with Gasteiger partial charge in [0.05, 0.1) is 11.9 Å². The summed E-state index contributed by atoms with van der Waals surface area (Å²) in [5, 5.41) is 6.19. The average Bonchev–Trinajstić information content (AvgIpc) is 2.80. The van der Waals surface area contributed by atoms with Gasteiger partial charge in [-0.1, -0.05) is 0 Å². The lowest BCUT2D eigenvalue weighted by Crippen LogP contribution is -2.07.